The summed E-state index contributed by atoms with van der Waals surface area (Å²) in [6.45, 7) is 4.37. The maximum Gasteiger partial charge on any atom is 0.243 e. The third-order valence-corrected chi connectivity index (χ3v) is 8.53. The summed E-state index contributed by atoms with van der Waals surface area (Å²) in [6.07, 6.45) is 8.94. The lowest BCUT2D eigenvalue weighted by Crippen LogP contribution is -2.54. The van der Waals surface area contributed by atoms with Gasteiger partial charge in [-0.3, -0.25) is 19.4 Å². The molecule has 3 aromatic rings. The summed E-state index contributed by atoms with van der Waals surface area (Å²) in [5.41, 5.74) is 2.88. The van der Waals surface area contributed by atoms with Crippen molar-refractivity contribution in [1.29, 1.82) is 0 Å². The van der Waals surface area contributed by atoms with Crippen LogP contribution in [0, 0.1) is 0 Å². The number of aromatic amines is 1. The molecule has 220 valence electrons. The van der Waals surface area contributed by atoms with E-state index >= 15 is 0 Å². The number of carbonyl (C=O) groups excluding carboxylic acids is 2. The molecule has 3 N–H and O–H groups in total. The van der Waals surface area contributed by atoms with Crippen LogP contribution in [0.15, 0.2) is 48.7 Å². The number of carbonyl (C=O) groups is 2. The lowest BCUT2D eigenvalue weighted by atomic mass is 9.94. The van der Waals surface area contributed by atoms with Crippen molar-refractivity contribution in [3.63, 3.8) is 0 Å². The van der Waals surface area contributed by atoms with E-state index in [9.17, 15) is 9.59 Å². The van der Waals surface area contributed by atoms with Crippen LogP contribution >= 0.6 is 0 Å². The van der Waals surface area contributed by atoms with E-state index in [0.717, 1.165) is 48.2 Å². The number of H-pyrrole nitrogens is 1. The van der Waals surface area contributed by atoms with Crippen LogP contribution in [0.3, 0.4) is 0 Å². The third kappa shape index (κ3) is 7.40. The molecular weight excluding hydrogens is 518 g/mol. The monoisotopic (exact) mass is 561 g/mol. The highest BCUT2D eigenvalue weighted by Crippen LogP contribution is 2.27. The van der Waals surface area contributed by atoms with Gasteiger partial charge in [-0.1, -0.05) is 43.5 Å². The van der Waals surface area contributed by atoms with Crippen LogP contribution in [0.2, 0.25) is 0 Å². The van der Waals surface area contributed by atoms with Gasteiger partial charge in [-0.05, 0) is 42.2 Å². The van der Waals surface area contributed by atoms with Crippen molar-refractivity contribution in [2.75, 3.05) is 46.9 Å². The van der Waals surface area contributed by atoms with E-state index < -0.39 is 6.04 Å². The maximum atomic E-state index is 13.5. The normalized spacial score (nSPS) is 17.7. The summed E-state index contributed by atoms with van der Waals surface area (Å²) < 4.78 is 10.7. The van der Waals surface area contributed by atoms with Gasteiger partial charge in [0.15, 0.2) is 11.5 Å². The summed E-state index contributed by atoms with van der Waals surface area (Å²) in [6, 6.07) is 13.6. The van der Waals surface area contributed by atoms with E-state index in [2.05, 4.69) is 25.4 Å². The van der Waals surface area contributed by atoms with Crippen LogP contribution in [0.5, 0.6) is 11.5 Å². The Kier molecular flexibility index (Phi) is 9.80. The van der Waals surface area contributed by atoms with Crippen LogP contribution in [0.1, 0.15) is 43.2 Å². The first-order valence-electron chi connectivity index (χ1n) is 14.8. The van der Waals surface area contributed by atoms with Crippen molar-refractivity contribution in [3.05, 3.63) is 59.8 Å². The maximum absolute atomic E-state index is 13.5. The van der Waals surface area contributed by atoms with Gasteiger partial charge in [-0.15, -0.1) is 0 Å². The summed E-state index contributed by atoms with van der Waals surface area (Å²) >= 11 is 0. The molecule has 2 amide bonds. The zero-order valence-corrected chi connectivity index (χ0v) is 24.3. The molecule has 1 saturated heterocycles. The van der Waals surface area contributed by atoms with Gasteiger partial charge in [0.1, 0.15) is 6.04 Å². The van der Waals surface area contributed by atoms with Gasteiger partial charge in [-0.2, -0.15) is 0 Å². The topological polar surface area (TPSA) is 98.9 Å². The fourth-order valence-corrected chi connectivity index (χ4v) is 6.21. The Morgan fingerprint density at radius 3 is 2.49 bits per heavy atom. The molecule has 1 saturated carbocycles. The predicted molar refractivity (Wildman–Crippen MR) is 160 cm³/mol. The van der Waals surface area contributed by atoms with E-state index in [4.69, 9.17) is 9.47 Å². The number of hydrogen-bond acceptors (Lipinski definition) is 6. The van der Waals surface area contributed by atoms with E-state index in [1.165, 1.54) is 32.1 Å². The lowest BCUT2D eigenvalue weighted by molar-refractivity contribution is -0.129. The summed E-state index contributed by atoms with van der Waals surface area (Å²) in [5.74, 6) is 0.890. The highest BCUT2D eigenvalue weighted by molar-refractivity contribution is 5.90. The van der Waals surface area contributed by atoms with Gasteiger partial charge in [-0.25, -0.2) is 0 Å². The number of amides is 2. The fourth-order valence-electron chi connectivity index (χ4n) is 6.21. The van der Waals surface area contributed by atoms with E-state index in [1.807, 2.05) is 48.7 Å². The number of nitrogens with one attached hydrogen (secondary N) is 3. The molecule has 1 aromatic heterocycles. The minimum atomic E-state index is -0.703. The Bertz CT molecular complexity index is 1310. The molecule has 2 heterocycles. The van der Waals surface area contributed by atoms with Gasteiger partial charge in [0.05, 0.1) is 20.8 Å². The standard InChI is InChI=1S/C32H43N5O4/c1-40-29-13-12-23(18-30(29)41-2)20-34-32(39)28(19-24-21-33-27-11-7-6-10-26(24)27)35-31(38)22-36-14-16-37(17-15-36)25-8-4-3-5-9-25/h6-7,10-13,18,21,25,28,33H,3-5,8-9,14-17,19-20,22H2,1-2H3,(H,34,39)(H,35,38). The first-order valence-corrected chi connectivity index (χ1v) is 14.8. The first kappa shape index (κ1) is 29.0. The molecule has 41 heavy (non-hydrogen) atoms. The second-order valence-electron chi connectivity index (χ2n) is 11.2. The fraction of sp³-hybridized carbons (Fsp3) is 0.500. The van der Waals surface area contributed by atoms with Crippen LogP contribution in [-0.4, -0.2) is 85.6 Å². The number of methoxy groups -OCH3 is 2. The molecule has 5 rings (SSSR count). The number of rotatable bonds is 11. The van der Waals surface area contributed by atoms with Gasteiger partial charge in [0, 0.05) is 62.3 Å². The number of hydrogen-bond donors (Lipinski definition) is 3. The molecule has 9 heteroatoms. The molecule has 2 fully saturated rings. The second kappa shape index (κ2) is 13.9. The van der Waals surface area contributed by atoms with Gasteiger partial charge in [0.25, 0.3) is 0 Å². The molecule has 0 spiro atoms. The van der Waals surface area contributed by atoms with E-state index in [1.54, 1.807) is 14.2 Å². The van der Waals surface area contributed by atoms with Crippen molar-refractivity contribution < 1.29 is 19.1 Å². The molecule has 1 unspecified atom stereocenters. The number of aromatic nitrogens is 1. The first-order chi connectivity index (χ1) is 20.0. The molecule has 1 aliphatic carbocycles. The quantitative estimate of drug-likeness (QED) is 0.332. The molecule has 0 radical (unpaired) electrons. The second-order valence-corrected chi connectivity index (χ2v) is 11.2. The Hall–Kier alpha value is -3.56. The number of benzene rings is 2. The average Bonchev–Trinajstić information content (AvgIpc) is 3.42. The number of fused-ring (bicyclic) bond motifs is 1. The number of para-hydroxylation sites is 1. The minimum absolute atomic E-state index is 0.123. The molecule has 1 aliphatic heterocycles. The Morgan fingerprint density at radius 1 is 0.976 bits per heavy atom. The molecule has 2 aromatic carbocycles. The molecule has 9 nitrogen and oxygen atoms in total. The number of piperazine rings is 1. The molecule has 1 atom stereocenters. The summed E-state index contributed by atoms with van der Waals surface area (Å²) in [4.78, 5) is 34.8. The largest absolute Gasteiger partial charge is 0.493 e. The van der Waals surface area contributed by atoms with Crippen molar-refractivity contribution in [2.24, 2.45) is 0 Å². The highest BCUT2D eigenvalue weighted by Gasteiger charge is 2.28. The lowest BCUT2D eigenvalue weighted by Gasteiger charge is -2.40. The average molecular weight is 562 g/mol. The van der Waals surface area contributed by atoms with Crippen LogP contribution in [-0.2, 0) is 22.6 Å². The van der Waals surface area contributed by atoms with Crippen LogP contribution in [0.25, 0.3) is 10.9 Å². The van der Waals surface area contributed by atoms with Crippen molar-refractivity contribution in [3.8, 4) is 11.5 Å². The van der Waals surface area contributed by atoms with Gasteiger partial charge >= 0.3 is 0 Å². The summed E-state index contributed by atoms with van der Waals surface area (Å²) in [5, 5.41) is 7.13. The molecule has 2 aliphatic rings. The van der Waals surface area contributed by atoms with Crippen LogP contribution in [0.4, 0.5) is 0 Å². The third-order valence-electron chi connectivity index (χ3n) is 8.53. The van der Waals surface area contributed by atoms with E-state index in [-0.39, 0.29) is 11.8 Å². The van der Waals surface area contributed by atoms with Crippen LogP contribution < -0.4 is 20.1 Å². The predicted octanol–water partition coefficient (Wildman–Crippen LogP) is 3.48. The molecule has 0 bridgehead atoms. The van der Waals surface area contributed by atoms with Crippen molar-refractivity contribution in [1.82, 2.24) is 25.4 Å². The number of ether oxygens (including phenoxy) is 2. The molecular formula is C32H43N5O4. The van der Waals surface area contributed by atoms with Crippen molar-refractivity contribution >= 4 is 22.7 Å². The zero-order valence-electron chi connectivity index (χ0n) is 24.3. The van der Waals surface area contributed by atoms with Crippen molar-refractivity contribution in [2.45, 2.75) is 57.2 Å². The summed E-state index contributed by atoms with van der Waals surface area (Å²) in [7, 11) is 3.18. The Labute approximate surface area is 242 Å². The highest BCUT2D eigenvalue weighted by atomic mass is 16.5. The zero-order chi connectivity index (χ0) is 28.6. The Balaban J connectivity index is 1.21. The Morgan fingerprint density at radius 2 is 1.73 bits per heavy atom. The van der Waals surface area contributed by atoms with Gasteiger partial charge < -0.3 is 25.1 Å². The smallest absolute Gasteiger partial charge is 0.243 e. The van der Waals surface area contributed by atoms with Gasteiger partial charge in [0.2, 0.25) is 11.8 Å². The SMILES string of the molecule is COc1ccc(CNC(=O)C(Cc2c[nH]c3ccccc23)NC(=O)CN2CCN(C3CCCCC3)CC2)cc1OC. The van der Waals surface area contributed by atoms with E-state index in [0.29, 0.717) is 37.1 Å². The number of nitrogens with zero attached hydrogens (tertiary/aromatic N) is 2. The minimum Gasteiger partial charge on any atom is -0.493 e.